The molecule has 150 valence electrons. The van der Waals surface area contributed by atoms with E-state index < -0.39 is 0 Å². The van der Waals surface area contributed by atoms with Crippen LogP contribution in [-0.4, -0.2) is 50.4 Å². The van der Waals surface area contributed by atoms with Crippen LogP contribution >= 0.6 is 12.2 Å². The third kappa shape index (κ3) is 83.9. The molecule has 6 heteroatoms. The Hall–Kier alpha value is -0.980. The van der Waals surface area contributed by atoms with Crippen molar-refractivity contribution in [2.24, 2.45) is 0 Å². The summed E-state index contributed by atoms with van der Waals surface area (Å²) in [6.45, 7) is 19.8. The molecule has 0 rings (SSSR count). The molecule has 3 N–H and O–H groups in total. The summed E-state index contributed by atoms with van der Waals surface area (Å²) in [6, 6.07) is 0.643. The van der Waals surface area contributed by atoms with Crippen molar-refractivity contribution in [1.82, 2.24) is 10.6 Å². The van der Waals surface area contributed by atoms with Gasteiger partial charge in [0.2, 0.25) is 0 Å². The standard InChI is InChI=1S/C8H19NO.C3H7NS.2C2H6.C2H4.CH2O2/c1-4-5-8(9-2)6-7-10-3;1-2-4-3-5;3*1-2;2-1-3/h8-9H,4-7H2,1-3H3;3H,2H2,1H3,(H,4,5);2*1-2H3;1-2H2;1H,(H,2,3). The molecule has 0 aromatic heterocycles. The molecular weight excluding hydrogens is 324 g/mol. The van der Waals surface area contributed by atoms with Gasteiger partial charge in [-0.1, -0.05) is 53.3 Å². The van der Waals surface area contributed by atoms with Gasteiger partial charge in [0.1, 0.15) is 0 Å². The highest BCUT2D eigenvalue weighted by molar-refractivity contribution is 7.78. The molecule has 0 heterocycles. The number of rotatable bonds is 8. The largest absolute Gasteiger partial charge is 0.483 e. The summed E-state index contributed by atoms with van der Waals surface area (Å²) in [5, 5.41) is 12.9. The summed E-state index contributed by atoms with van der Waals surface area (Å²) < 4.78 is 4.98. The van der Waals surface area contributed by atoms with E-state index in [1.54, 1.807) is 7.11 Å². The first-order valence-corrected chi connectivity index (χ1v) is 9.06. The van der Waals surface area contributed by atoms with E-state index in [0.29, 0.717) is 6.04 Å². The molecule has 5 nitrogen and oxygen atoms in total. The third-order valence-electron chi connectivity index (χ3n) is 2.00. The molecule has 0 saturated heterocycles. The topological polar surface area (TPSA) is 70.6 Å². The van der Waals surface area contributed by atoms with Gasteiger partial charge in [-0.25, -0.2) is 0 Å². The van der Waals surface area contributed by atoms with Gasteiger partial charge in [0.05, 0.1) is 5.49 Å². The van der Waals surface area contributed by atoms with E-state index in [4.69, 9.17) is 14.6 Å². The molecule has 0 radical (unpaired) electrons. The van der Waals surface area contributed by atoms with Gasteiger partial charge in [-0.15, -0.1) is 13.2 Å². The molecule has 0 bridgehead atoms. The Labute approximate surface area is 157 Å². The second kappa shape index (κ2) is 67.3. The Bertz CT molecular complexity index is 174. The number of carbonyl (C=O) groups is 1. The molecular formula is C18H44N2O3S. The summed E-state index contributed by atoms with van der Waals surface area (Å²) in [5.74, 6) is 0. The molecule has 0 saturated carbocycles. The monoisotopic (exact) mass is 368 g/mol. The predicted octanol–water partition coefficient (Wildman–Crippen LogP) is 4.52. The first kappa shape index (κ1) is 38.5. The van der Waals surface area contributed by atoms with Crippen LogP contribution in [0.5, 0.6) is 0 Å². The van der Waals surface area contributed by atoms with Crippen LogP contribution in [0.15, 0.2) is 13.2 Å². The van der Waals surface area contributed by atoms with Crippen molar-refractivity contribution in [3.63, 3.8) is 0 Å². The predicted molar refractivity (Wildman–Crippen MR) is 114 cm³/mol. The summed E-state index contributed by atoms with van der Waals surface area (Å²) in [6.07, 6.45) is 3.62. The van der Waals surface area contributed by atoms with Crippen molar-refractivity contribution in [3.8, 4) is 0 Å². The third-order valence-corrected chi connectivity index (χ3v) is 2.17. The smallest absolute Gasteiger partial charge is 0.290 e. The van der Waals surface area contributed by atoms with Crippen molar-refractivity contribution in [2.75, 3.05) is 27.3 Å². The Morgan fingerprint density at radius 2 is 1.58 bits per heavy atom. The first-order chi connectivity index (χ1) is 11.7. The molecule has 0 aromatic carbocycles. The lowest BCUT2D eigenvalue weighted by molar-refractivity contribution is -0.122. The zero-order valence-electron chi connectivity index (χ0n) is 17.4. The fourth-order valence-corrected chi connectivity index (χ4v) is 1.29. The van der Waals surface area contributed by atoms with Crippen LogP contribution in [0.25, 0.3) is 0 Å². The quantitative estimate of drug-likeness (QED) is 0.332. The number of methoxy groups -OCH3 is 1. The highest BCUT2D eigenvalue weighted by Gasteiger charge is 2.02. The molecule has 0 aliphatic carbocycles. The van der Waals surface area contributed by atoms with Crippen molar-refractivity contribution >= 4 is 24.2 Å². The van der Waals surface area contributed by atoms with Crippen molar-refractivity contribution in [1.29, 1.82) is 0 Å². The molecule has 1 atom stereocenters. The number of ether oxygens (including phenoxy) is 1. The number of thiocarbonyl (C=S) groups is 1. The molecule has 0 aliphatic rings. The zero-order chi connectivity index (χ0) is 20.6. The van der Waals surface area contributed by atoms with E-state index in [2.05, 4.69) is 42.9 Å². The van der Waals surface area contributed by atoms with Gasteiger partial charge in [0, 0.05) is 26.3 Å². The molecule has 0 aromatic rings. The Morgan fingerprint density at radius 1 is 1.17 bits per heavy atom. The van der Waals surface area contributed by atoms with Crippen LogP contribution in [0.2, 0.25) is 0 Å². The minimum absolute atomic E-state index is 0.250. The van der Waals surface area contributed by atoms with Crippen LogP contribution < -0.4 is 10.6 Å². The lowest BCUT2D eigenvalue weighted by Gasteiger charge is -2.13. The van der Waals surface area contributed by atoms with Gasteiger partial charge in [-0.05, 0) is 26.8 Å². The van der Waals surface area contributed by atoms with Crippen LogP contribution in [0.1, 0.15) is 60.8 Å². The van der Waals surface area contributed by atoms with E-state index in [1.165, 1.54) is 18.3 Å². The maximum atomic E-state index is 8.36. The Kier molecular flexibility index (Phi) is 108. The fourth-order valence-electron chi connectivity index (χ4n) is 1.12. The average Bonchev–Trinajstić information content (AvgIpc) is 2.65. The fraction of sp³-hybridized carbons (Fsp3) is 0.778. The highest BCUT2D eigenvalue weighted by atomic mass is 32.1. The highest BCUT2D eigenvalue weighted by Crippen LogP contribution is 2.00. The normalized spacial score (nSPS) is 8.17. The molecule has 1 unspecified atom stereocenters. The lowest BCUT2D eigenvalue weighted by Crippen LogP contribution is -2.26. The van der Waals surface area contributed by atoms with Crippen LogP contribution in [0, 0.1) is 0 Å². The van der Waals surface area contributed by atoms with Crippen LogP contribution in [0.3, 0.4) is 0 Å². The zero-order valence-corrected chi connectivity index (χ0v) is 18.2. The summed E-state index contributed by atoms with van der Waals surface area (Å²) in [5.41, 5.74) is 1.51. The van der Waals surface area contributed by atoms with Crippen molar-refractivity contribution in [2.45, 2.75) is 66.8 Å². The van der Waals surface area contributed by atoms with Gasteiger partial charge < -0.3 is 20.5 Å². The Balaban J connectivity index is -0.0000000488. The second-order valence-electron chi connectivity index (χ2n) is 3.34. The average molecular weight is 369 g/mol. The SMILES string of the molecule is C=C.CC.CC.CCCC(CCOC)NC.CCNC=S.O=CO. The van der Waals surface area contributed by atoms with E-state index >= 15 is 0 Å². The summed E-state index contributed by atoms with van der Waals surface area (Å²) in [4.78, 5) is 8.36. The number of hydrogen-bond acceptors (Lipinski definition) is 4. The van der Waals surface area contributed by atoms with Crippen molar-refractivity contribution in [3.05, 3.63) is 13.2 Å². The lowest BCUT2D eigenvalue weighted by atomic mass is 10.1. The molecule has 24 heavy (non-hydrogen) atoms. The van der Waals surface area contributed by atoms with E-state index in [-0.39, 0.29) is 6.47 Å². The molecule has 0 aliphatic heterocycles. The van der Waals surface area contributed by atoms with Gasteiger partial charge in [0.15, 0.2) is 0 Å². The molecule has 0 fully saturated rings. The number of carboxylic acid groups (broad SMARTS) is 1. The molecule has 0 spiro atoms. The van der Waals surface area contributed by atoms with Crippen LogP contribution in [-0.2, 0) is 9.53 Å². The van der Waals surface area contributed by atoms with Gasteiger partial charge >= 0.3 is 0 Å². The number of hydrogen-bond donors (Lipinski definition) is 3. The maximum absolute atomic E-state index is 8.36. The van der Waals surface area contributed by atoms with E-state index in [9.17, 15) is 0 Å². The van der Waals surface area contributed by atoms with Gasteiger partial charge in [0.25, 0.3) is 6.47 Å². The summed E-state index contributed by atoms with van der Waals surface area (Å²) in [7, 11) is 3.76. The first-order valence-electron chi connectivity index (χ1n) is 8.59. The number of nitrogens with one attached hydrogen (secondary N) is 2. The van der Waals surface area contributed by atoms with Gasteiger partial charge in [-0.2, -0.15) is 0 Å². The molecule has 0 amide bonds. The maximum Gasteiger partial charge on any atom is 0.290 e. The van der Waals surface area contributed by atoms with Crippen LogP contribution in [0.4, 0.5) is 0 Å². The van der Waals surface area contributed by atoms with E-state index in [1.807, 2.05) is 41.7 Å². The van der Waals surface area contributed by atoms with Gasteiger partial charge in [-0.3, -0.25) is 4.79 Å². The Morgan fingerprint density at radius 3 is 1.75 bits per heavy atom. The minimum atomic E-state index is -0.250. The van der Waals surface area contributed by atoms with Crippen molar-refractivity contribution < 1.29 is 14.6 Å². The summed E-state index contributed by atoms with van der Waals surface area (Å²) >= 11 is 4.42. The van der Waals surface area contributed by atoms with E-state index in [0.717, 1.165) is 19.6 Å². The second-order valence-corrected chi connectivity index (χ2v) is 3.57. The minimum Gasteiger partial charge on any atom is -0.483 e.